The lowest BCUT2D eigenvalue weighted by Crippen LogP contribution is -1.84. The molecule has 0 aliphatic rings. The topological polar surface area (TPSA) is 32.6 Å². The smallest absolute Gasteiger partial charge is 0.132 e. The lowest BCUT2D eigenvalue weighted by atomic mass is 10.1. The van der Waals surface area contributed by atoms with Crippen LogP contribution >= 0.6 is 27.5 Å². The average molecular weight is 361 g/mol. The van der Waals surface area contributed by atoms with Crippen LogP contribution in [0.15, 0.2) is 64.1 Å². The van der Waals surface area contributed by atoms with Crippen LogP contribution in [-0.4, -0.2) is 11.3 Å². The molecule has 3 rings (SSSR count). The minimum Gasteiger partial charge on any atom is -0.507 e. The molecule has 0 atom stereocenters. The van der Waals surface area contributed by atoms with E-state index in [0.717, 1.165) is 15.2 Å². The highest BCUT2D eigenvalue weighted by Crippen LogP contribution is 2.30. The second kappa shape index (κ2) is 5.88. The van der Waals surface area contributed by atoms with Crippen molar-refractivity contribution in [1.29, 1.82) is 0 Å². The third-order valence-corrected chi connectivity index (χ3v) is 3.98. The van der Waals surface area contributed by atoms with Gasteiger partial charge in [0, 0.05) is 21.6 Å². The highest BCUT2D eigenvalue weighted by atomic mass is 79.9. The molecular weight excluding hydrogens is 350 g/mol. The molecule has 0 bridgehead atoms. The van der Waals surface area contributed by atoms with Crippen LogP contribution in [0.1, 0.15) is 5.56 Å². The maximum atomic E-state index is 10.3. The predicted octanol–water partition coefficient (Wildman–Crippen LogP) is 5.71. The van der Waals surface area contributed by atoms with Crippen LogP contribution in [0.3, 0.4) is 0 Å². The van der Waals surface area contributed by atoms with Gasteiger partial charge < -0.3 is 5.11 Å². The van der Waals surface area contributed by atoms with E-state index < -0.39 is 0 Å². The summed E-state index contributed by atoms with van der Waals surface area (Å²) in [6.45, 7) is 0. The normalized spacial score (nSPS) is 11.3. The van der Waals surface area contributed by atoms with Gasteiger partial charge in [-0.15, -0.1) is 0 Å². The second-order valence-electron chi connectivity index (χ2n) is 4.58. The maximum absolute atomic E-state index is 10.3. The number of phenolic OH excluding ortho intramolecular Hbond substituents is 1. The highest BCUT2D eigenvalue weighted by Gasteiger charge is 2.04. The Kier molecular flexibility index (Phi) is 3.95. The first kappa shape index (κ1) is 14.1. The third-order valence-electron chi connectivity index (χ3n) is 3.18. The number of aromatic hydroxyl groups is 1. The lowest BCUT2D eigenvalue weighted by Gasteiger charge is -2.04. The van der Waals surface area contributed by atoms with Crippen LogP contribution in [0.2, 0.25) is 5.02 Å². The van der Waals surface area contributed by atoms with Crippen LogP contribution in [-0.2, 0) is 0 Å². The van der Waals surface area contributed by atoms with E-state index in [0.29, 0.717) is 16.3 Å². The molecule has 21 heavy (non-hydrogen) atoms. The molecule has 0 amide bonds. The molecule has 0 aromatic heterocycles. The largest absolute Gasteiger partial charge is 0.507 e. The SMILES string of the molecule is Oc1c(C=Nc2ccc(Br)cc2Cl)ccc2ccccc12. The van der Waals surface area contributed by atoms with Gasteiger partial charge in [-0.3, -0.25) is 4.99 Å². The Balaban J connectivity index is 2.01. The van der Waals surface area contributed by atoms with Gasteiger partial charge in [0.15, 0.2) is 0 Å². The van der Waals surface area contributed by atoms with E-state index in [1.54, 1.807) is 12.3 Å². The zero-order valence-electron chi connectivity index (χ0n) is 10.9. The number of rotatable bonds is 2. The van der Waals surface area contributed by atoms with Crippen molar-refractivity contribution in [3.05, 3.63) is 69.7 Å². The molecule has 4 heteroatoms. The molecule has 2 nitrogen and oxygen atoms in total. The minimum atomic E-state index is 0.227. The van der Waals surface area contributed by atoms with Crippen LogP contribution in [0.25, 0.3) is 10.8 Å². The van der Waals surface area contributed by atoms with Crippen molar-refractivity contribution in [3.8, 4) is 5.75 Å². The summed E-state index contributed by atoms with van der Waals surface area (Å²) in [5.74, 6) is 0.227. The van der Waals surface area contributed by atoms with E-state index in [9.17, 15) is 5.11 Å². The molecule has 1 N–H and O–H groups in total. The summed E-state index contributed by atoms with van der Waals surface area (Å²) in [5, 5.41) is 12.7. The Morgan fingerprint density at radius 1 is 1.05 bits per heavy atom. The van der Waals surface area contributed by atoms with Gasteiger partial charge in [-0.1, -0.05) is 57.9 Å². The number of nitrogens with zero attached hydrogens (tertiary/aromatic N) is 1. The van der Waals surface area contributed by atoms with Gasteiger partial charge in [0.2, 0.25) is 0 Å². The summed E-state index contributed by atoms with van der Waals surface area (Å²) in [6.07, 6.45) is 1.62. The summed E-state index contributed by atoms with van der Waals surface area (Å²) >= 11 is 9.48. The minimum absolute atomic E-state index is 0.227. The monoisotopic (exact) mass is 359 g/mol. The number of hydrogen-bond acceptors (Lipinski definition) is 2. The molecule has 0 saturated heterocycles. The molecule has 0 fully saturated rings. The highest BCUT2D eigenvalue weighted by molar-refractivity contribution is 9.10. The van der Waals surface area contributed by atoms with Gasteiger partial charge in [-0.2, -0.15) is 0 Å². The van der Waals surface area contributed by atoms with E-state index in [-0.39, 0.29) is 5.75 Å². The fourth-order valence-corrected chi connectivity index (χ4v) is 2.82. The molecule has 104 valence electrons. The molecule has 0 unspecified atom stereocenters. The van der Waals surface area contributed by atoms with E-state index >= 15 is 0 Å². The Bertz CT molecular complexity index is 845. The second-order valence-corrected chi connectivity index (χ2v) is 5.90. The summed E-state index contributed by atoms with van der Waals surface area (Å²) < 4.78 is 0.903. The molecule has 0 aliphatic heterocycles. The maximum Gasteiger partial charge on any atom is 0.132 e. The summed E-state index contributed by atoms with van der Waals surface area (Å²) in [7, 11) is 0. The fourth-order valence-electron chi connectivity index (χ4n) is 2.10. The van der Waals surface area contributed by atoms with Crippen molar-refractivity contribution in [1.82, 2.24) is 0 Å². The fraction of sp³-hybridized carbons (Fsp3) is 0. The van der Waals surface area contributed by atoms with Crippen LogP contribution < -0.4 is 0 Å². The number of benzene rings is 3. The van der Waals surface area contributed by atoms with Crippen molar-refractivity contribution >= 4 is 50.2 Å². The van der Waals surface area contributed by atoms with Gasteiger partial charge >= 0.3 is 0 Å². The number of hydrogen-bond donors (Lipinski definition) is 1. The molecule has 3 aromatic carbocycles. The van der Waals surface area contributed by atoms with E-state index in [2.05, 4.69) is 20.9 Å². The first-order chi connectivity index (χ1) is 10.1. The van der Waals surface area contributed by atoms with Gasteiger partial charge in [0.05, 0.1) is 10.7 Å². The van der Waals surface area contributed by atoms with Crippen LogP contribution in [0.4, 0.5) is 5.69 Å². The van der Waals surface area contributed by atoms with Crippen LogP contribution in [0, 0.1) is 0 Å². The quantitative estimate of drug-likeness (QED) is 0.583. The zero-order valence-corrected chi connectivity index (χ0v) is 13.3. The molecule has 0 spiro atoms. The van der Waals surface area contributed by atoms with Crippen LogP contribution in [0.5, 0.6) is 5.75 Å². The van der Waals surface area contributed by atoms with E-state index in [1.165, 1.54) is 0 Å². The Labute approximate surface area is 135 Å². The van der Waals surface area contributed by atoms with Crippen molar-refractivity contribution < 1.29 is 5.11 Å². The van der Waals surface area contributed by atoms with Gasteiger partial charge in [-0.05, 0) is 29.7 Å². The molecule has 3 aromatic rings. The standard InChI is InChI=1S/C17H11BrClNO/c18-13-7-8-16(15(19)9-13)20-10-12-6-5-11-3-1-2-4-14(11)17(12)21/h1-10,21H. The van der Waals surface area contributed by atoms with E-state index in [4.69, 9.17) is 11.6 Å². The van der Waals surface area contributed by atoms with Crippen molar-refractivity contribution in [3.63, 3.8) is 0 Å². The summed E-state index contributed by atoms with van der Waals surface area (Å²) in [5.41, 5.74) is 1.32. The Morgan fingerprint density at radius 2 is 1.86 bits per heavy atom. The Morgan fingerprint density at radius 3 is 2.67 bits per heavy atom. The third kappa shape index (κ3) is 2.94. The molecule has 0 aliphatic carbocycles. The van der Waals surface area contributed by atoms with Crippen molar-refractivity contribution in [2.24, 2.45) is 4.99 Å². The molecule has 0 radical (unpaired) electrons. The number of fused-ring (bicyclic) bond motifs is 1. The number of phenols is 1. The van der Waals surface area contributed by atoms with Crippen molar-refractivity contribution in [2.75, 3.05) is 0 Å². The van der Waals surface area contributed by atoms with Gasteiger partial charge in [0.1, 0.15) is 5.75 Å². The van der Waals surface area contributed by atoms with Crippen molar-refractivity contribution in [2.45, 2.75) is 0 Å². The molecule has 0 heterocycles. The average Bonchev–Trinajstić information content (AvgIpc) is 2.48. The first-order valence-corrected chi connectivity index (χ1v) is 7.52. The molecule has 0 saturated carbocycles. The van der Waals surface area contributed by atoms with E-state index in [1.807, 2.05) is 48.5 Å². The number of aliphatic imine (C=N–C) groups is 1. The summed E-state index contributed by atoms with van der Waals surface area (Å²) in [4.78, 5) is 4.35. The predicted molar refractivity (Wildman–Crippen MR) is 92.0 cm³/mol. The zero-order chi connectivity index (χ0) is 14.8. The summed E-state index contributed by atoms with van der Waals surface area (Å²) in [6, 6.07) is 17.0. The Hall–Kier alpha value is -1.84. The lowest BCUT2D eigenvalue weighted by molar-refractivity contribution is 0.481. The van der Waals surface area contributed by atoms with Gasteiger partial charge in [0.25, 0.3) is 0 Å². The molecular formula is C17H11BrClNO. The first-order valence-electron chi connectivity index (χ1n) is 6.35. The van der Waals surface area contributed by atoms with Gasteiger partial charge in [-0.25, -0.2) is 0 Å². The number of halogens is 2.